The maximum atomic E-state index is 12.4. The van der Waals surface area contributed by atoms with Gasteiger partial charge in [0.25, 0.3) is 0 Å². The van der Waals surface area contributed by atoms with Gasteiger partial charge in [0.15, 0.2) is 0 Å². The van der Waals surface area contributed by atoms with Crippen LogP contribution < -0.4 is 10.0 Å². The minimum absolute atomic E-state index is 0.222. The Balaban J connectivity index is 2.52. The zero-order valence-electron chi connectivity index (χ0n) is 13.2. The largest absolute Gasteiger partial charge is 0.379 e. The van der Waals surface area contributed by atoms with Crippen molar-refractivity contribution >= 4 is 21.4 Å². The molecule has 0 aliphatic carbocycles. The highest BCUT2D eigenvalue weighted by atomic mass is 32.2. The van der Waals surface area contributed by atoms with E-state index in [1.807, 2.05) is 33.2 Å². The zero-order valence-corrected chi connectivity index (χ0v) is 14.9. The van der Waals surface area contributed by atoms with Gasteiger partial charge < -0.3 is 10.1 Å². The van der Waals surface area contributed by atoms with E-state index in [4.69, 9.17) is 4.74 Å². The first-order valence-electron chi connectivity index (χ1n) is 7.21. The molecule has 1 aromatic heterocycles. The molecule has 0 spiro atoms. The number of aryl methyl sites for hydroxylation is 1. The van der Waals surface area contributed by atoms with Gasteiger partial charge in [-0.1, -0.05) is 0 Å². The Labute approximate surface area is 132 Å². The Kier molecular flexibility index (Phi) is 7.83. The second kappa shape index (κ2) is 8.85. The normalized spacial score (nSPS) is 12.2. The first kappa shape index (κ1) is 18.6. The smallest absolute Gasteiger partial charge is 0.241 e. The number of hydrogen-bond donors (Lipinski definition) is 2. The molecule has 0 bridgehead atoms. The van der Waals surface area contributed by atoms with E-state index in [1.54, 1.807) is 0 Å². The van der Waals surface area contributed by atoms with Crippen molar-refractivity contribution in [2.75, 3.05) is 20.2 Å². The molecule has 0 radical (unpaired) electrons. The standard InChI is InChI=1S/C14H26N2O3S2/c1-11(2)19-8-6-5-7-16-21(17,18)14-12(3)10-20-13(14)9-15-4/h10-11,15-16H,5-9H2,1-4H3. The van der Waals surface area contributed by atoms with Crippen LogP contribution >= 0.6 is 11.3 Å². The summed E-state index contributed by atoms with van der Waals surface area (Å²) in [7, 11) is -1.61. The highest BCUT2D eigenvalue weighted by Crippen LogP contribution is 2.26. The zero-order chi connectivity index (χ0) is 15.9. The highest BCUT2D eigenvalue weighted by Gasteiger charge is 2.22. The fourth-order valence-electron chi connectivity index (χ4n) is 1.96. The van der Waals surface area contributed by atoms with Crippen LogP contribution in [0.25, 0.3) is 0 Å². The third-order valence-corrected chi connectivity index (χ3v) is 5.83. The Morgan fingerprint density at radius 3 is 2.67 bits per heavy atom. The summed E-state index contributed by atoms with van der Waals surface area (Å²) < 4.78 is 32.9. The molecular weight excluding hydrogens is 308 g/mol. The lowest BCUT2D eigenvalue weighted by atomic mass is 10.3. The van der Waals surface area contributed by atoms with E-state index >= 15 is 0 Å². The molecule has 21 heavy (non-hydrogen) atoms. The summed E-state index contributed by atoms with van der Waals surface area (Å²) in [6.07, 6.45) is 1.85. The molecule has 0 fully saturated rings. The van der Waals surface area contributed by atoms with E-state index in [-0.39, 0.29) is 6.10 Å². The average molecular weight is 335 g/mol. The van der Waals surface area contributed by atoms with Gasteiger partial charge in [-0.05, 0) is 51.6 Å². The van der Waals surface area contributed by atoms with Gasteiger partial charge in [-0.15, -0.1) is 11.3 Å². The number of ether oxygens (including phenoxy) is 1. The molecule has 5 nitrogen and oxygen atoms in total. The molecule has 122 valence electrons. The maximum Gasteiger partial charge on any atom is 0.241 e. The Hall–Kier alpha value is -0.470. The molecule has 0 saturated heterocycles. The van der Waals surface area contributed by atoms with Crippen LogP contribution in [0, 0.1) is 6.92 Å². The van der Waals surface area contributed by atoms with Gasteiger partial charge in [-0.25, -0.2) is 13.1 Å². The van der Waals surface area contributed by atoms with E-state index in [2.05, 4.69) is 10.0 Å². The molecule has 0 aliphatic heterocycles. The molecule has 1 heterocycles. The SMILES string of the molecule is CNCc1scc(C)c1S(=O)(=O)NCCCCOC(C)C. The molecule has 0 aliphatic rings. The molecular formula is C14H26N2O3S2. The van der Waals surface area contributed by atoms with E-state index in [9.17, 15) is 8.42 Å². The molecule has 0 amide bonds. The second-order valence-electron chi connectivity index (χ2n) is 5.23. The van der Waals surface area contributed by atoms with Crippen molar-refractivity contribution in [1.82, 2.24) is 10.0 Å². The van der Waals surface area contributed by atoms with Crippen molar-refractivity contribution in [2.45, 2.75) is 51.2 Å². The predicted molar refractivity (Wildman–Crippen MR) is 87.3 cm³/mol. The van der Waals surface area contributed by atoms with Crippen molar-refractivity contribution < 1.29 is 13.2 Å². The van der Waals surface area contributed by atoms with Crippen LogP contribution in [0.1, 0.15) is 37.1 Å². The van der Waals surface area contributed by atoms with E-state index < -0.39 is 10.0 Å². The third-order valence-electron chi connectivity index (χ3n) is 2.91. The van der Waals surface area contributed by atoms with E-state index in [0.717, 1.165) is 23.3 Å². The minimum Gasteiger partial charge on any atom is -0.379 e. The highest BCUT2D eigenvalue weighted by molar-refractivity contribution is 7.89. The topological polar surface area (TPSA) is 67.4 Å². The van der Waals surface area contributed by atoms with Gasteiger partial charge in [-0.2, -0.15) is 0 Å². The Morgan fingerprint density at radius 1 is 1.33 bits per heavy atom. The molecule has 0 unspecified atom stereocenters. The van der Waals surface area contributed by atoms with Crippen LogP contribution in [0.2, 0.25) is 0 Å². The summed E-state index contributed by atoms with van der Waals surface area (Å²) in [4.78, 5) is 1.28. The van der Waals surface area contributed by atoms with Crippen molar-refractivity contribution in [1.29, 1.82) is 0 Å². The summed E-state index contributed by atoms with van der Waals surface area (Å²) in [5, 5.41) is 4.89. The number of unbranched alkanes of at least 4 members (excludes halogenated alkanes) is 1. The summed E-state index contributed by atoms with van der Waals surface area (Å²) in [5.74, 6) is 0. The number of nitrogens with one attached hydrogen (secondary N) is 2. The quantitative estimate of drug-likeness (QED) is 0.644. The molecule has 0 saturated carbocycles. The van der Waals surface area contributed by atoms with Crippen molar-refractivity contribution in [3.63, 3.8) is 0 Å². The van der Waals surface area contributed by atoms with Crippen molar-refractivity contribution in [3.05, 3.63) is 15.8 Å². The first-order chi connectivity index (χ1) is 9.88. The average Bonchev–Trinajstić information content (AvgIpc) is 2.75. The Bertz CT molecular complexity index is 524. The lowest BCUT2D eigenvalue weighted by molar-refractivity contribution is 0.0762. The molecule has 1 aromatic rings. The van der Waals surface area contributed by atoms with Crippen molar-refractivity contribution in [2.24, 2.45) is 0 Å². The van der Waals surface area contributed by atoms with Gasteiger partial charge in [0.05, 0.1) is 6.10 Å². The lowest BCUT2D eigenvalue weighted by Gasteiger charge is -2.10. The maximum absolute atomic E-state index is 12.4. The minimum atomic E-state index is -3.42. The second-order valence-corrected chi connectivity index (χ2v) is 7.89. The number of hydrogen-bond acceptors (Lipinski definition) is 5. The first-order valence-corrected chi connectivity index (χ1v) is 9.57. The molecule has 1 rings (SSSR count). The van der Waals surface area contributed by atoms with Gasteiger partial charge in [0, 0.05) is 24.6 Å². The third kappa shape index (κ3) is 6.04. The molecule has 2 N–H and O–H groups in total. The van der Waals surface area contributed by atoms with Crippen LogP contribution in [0.5, 0.6) is 0 Å². The number of thiophene rings is 1. The fraction of sp³-hybridized carbons (Fsp3) is 0.714. The molecule has 0 aromatic carbocycles. The van der Waals surface area contributed by atoms with E-state index in [1.165, 1.54) is 11.3 Å². The summed E-state index contributed by atoms with van der Waals surface area (Å²) in [6, 6.07) is 0. The van der Waals surface area contributed by atoms with Crippen LogP contribution in [-0.2, 0) is 21.3 Å². The van der Waals surface area contributed by atoms with Crippen LogP contribution in [0.3, 0.4) is 0 Å². The van der Waals surface area contributed by atoms with Crippen LogP contribution in [0.15, 0.2) is 10.3 Å². The van der Waals surface area contributed by atoms with Gasteiger partial charge in [0.1, 0.15) is 4.90 Å². The van der Waals surface area contributed by atoms with Crippen LogP contribution in [0.4, 0.5) is 0 Å². The van der Waals surface area contributed by atoms with Crippen LogP contribution in [-0.4, -0.2) is 34.7 Å². The Morgan fingerprint density at radius 2 is 2.05 bits per heavy atom. The summed E-state index contributed by atoms with van der Waals surface area (Å²) in [6.45, 7) is 7.49. The van der Waals surface area contributed by atoms with Gasteiger partial charge >= 0.3 is 0 Å². The van der Waals surface area contributed by atoms with Crippen molar-refractivity contribution in [3.8, 4) is 0 Å². The van der Waals surface area contributed by atoms with Gasteiger partial charge in [0.2, 0.25) is 10.0 Å². The summed E-state index contributed by atoms with van der Waals surface area (Å²) in [5.41, 5.74) is 0.806. The number of sulfonamides is 1. The van der Waals surface area contributed by atoms with E-state index in [0.29, 0.717) is 24.6 Å². The monoisotopic (exact) mass is 334 g/mol. The fourth-order valence-corrected chi connectivity index (χ4v) is 4.85. The predicted octanol–water partition coefficient (Wildman–Crippen LogP) is 2.26. The lowest BCUT2D eigenvalue weighted by Crippen LogP contribution is -2.26. The number of rotatable bonds is 10. The molecule has 0 atom stereocenters. The van der Waals surface area contributed by atoms with Gasteiger partial charge in [-0.3, -0.25) is 0 Å². The summed E-state index contributed by atoms with van der Waals surface area (Å²) >= 11 is 1.48. The molecule has 7 heteroatoms.